The SMILES string of the molecule is O=C(C(=O)N(c1cccc(Cl)c1)C(C(=O)NC1CCCCC1)C(=O)c1ccc(Cl)cc1)c1ccccc1. The van der Waals surface area contributed by atoms with E-state index in [4.69, 9.17) is 23.2 Å². The number of nitrogens with zero attached hydrogens (tertiary/aromatic N) is 1. The number of anilines is 1. The number of hydrogen-bond acceptors (Lipinski definition) is 4. The molecule has 1 N–H and O–H groups in total. The van der Waals surface area contributed by atoms with Crippen LogP contribution < -0.4 is 10.2 Å². The van der Waals surface area contributed by atoms with Crippen LogP contribution in [0.3, 0.4) is 0 Å². The molecule has 1 fully saturated rings. The molecule has 2 amide bonds. The number of amides is 2. The highest BCUT2D eigenvalue weighted by Gasteiger charge is 2.41. The fourth-order valence-electron chi connectivity index (χ4n) is 4.48. The summed E-state index contributed by atoms with van der Waals surface area (Å²) in [5, 5.41) is 3.66. The Labute approximate surface area is 225 Å². The van der Waals surface area contributed by atoms with Crippen molar-refractivity contribution >= 4 is 52.3 Å². The van der Waals surface area contributed by atoms with Crippen molar-refractivity contribution in [1.29, 1.82) is 0 Å². The first-order valence-electron chi connectivity index (χ1n) is 12.1. The predicted molar refractivity (Wildman–Crippen MR) is 144 cm³/mol. The maximum Gasteiger partial charge on any atom is 0.300 e. The van der Waals surface area contributed by atoms with Gasteiger partial charge in [-0.15, -0.1) is 0 Å². The first kappa shape index (κ1) is 26.6. The van der Waals surface area contributed by atoms with Gasteiger partial charge in [0.15, 0.2) is 11.8 Å². The van der Waals surface area contributed by atoms with Crippen LogP contribution in [0, 0.1) is 0 Å². The molecule has 4 rings (SSSR count). The van der Waals surface area contributed by atoms with Gasteiger partial charge in [-0.2, -0.15) is 0 Å². The third-order valence-electron chi connectivity index (χ3n) is 6.37. The summed E-state index contributed by atoms with van der Waals surface area (Å²) in [6.45, 7) is 0. The average molecular weight is 537 g/mol. The third kappa shape index (κ3) is 6.45. The molecular weight excluding hydrogens is 511 g/mol. The second-order valence-electron chi connectivity index (χ2n) is 8.97. The molecule has 1 aliphatic carbocycles. The summed E-state index contributed by atoms with van der Waals surface area (Å²) in [6, 6.07) is 18.5. The molecule has 0 heterocycles. The number of nitrogens with one attached hydrogen (secondary N) is 1. The van der Waals surface area contributed by atoms with Crippen LogP contribution in [0.25, 0.3) is 0 Å². The summed E-state index contributed by atoms with van der Waals surface area (Å²) in [7, 11) is 0. The number of halogens is 2. The van der Waals surface area contributed by atoms with Crippen molar-refractivity contribution in [3.8, 4) is 0 Å². The quantitative estimate of drug-likeness (QED) is 0.220. The maximum absolute atomic E-state index is 13.9. The van der Waals surface area contributed by atoms with Crippen molar-refractivity contribution in [2.45, 2.75) is 44.2 Å². The summed E-state index contributed by atoms with van der Waals surface area (Å²) in [4.78, 5) is 55.6. The lowest BCUT2D eigenvalue weighted by Crippen LogP contribution is -2.57. The van der Waals surface area contributed by atoms with Gasteiger partial charge in [0.1, 0.15) is 0 Å². The minimum atomic E-state index is -1.64. The van der Waals surface area contributed by atoms with Gasteiger partial charge in [-0.1, -0.05) is 78.9 Å². The molecule has 1 unspecified atom stereocenters. The van der Waals surface area contributed by atoms with Crippen LogP contribution in [0.2, 0.25) is 10.0 Å². The minimum absolute atomic E-state index is 0.122. The predicted octanol–water partition coefficient (Wildman–Crippen LogP) is 5.91. The van der Waals surface area contributed by atoms with E-state index in [1.165, 1.54) is 48.5 Å². The van der Waals surface area contributed by atoms with Gasteiger partial charge >= 0.3 is 5.91 Å². The Bertz CT molecular complexity index is 1290. The molecule has 1 aliphatic rings. The summed E-state index contributed by atoms with van der Waals surface area (Å²) < 4.78 is 0. The third-order valence-corrected chi connectivity index (χ3v) is 6.86. The molecule has 190 valence electrons. The van der Waals surface area contributed by atoms with Crippen LogP contribution in [0.4, 0.5) is 5.69 Å². The van der Waals surface area contributed by atoms with Gasteiger partial charge in [-0.05, 0) is 55.3 Å². The maximum atomic E-state index is 13.9. The highest BCUT2D eigenvalue weighted by molar-refractivity contribution is 6.48. The summed E-state index contributed by atoms with van der Waals surface area (Å²) in [5.74, 6) is -3.15. The number of hydrogen-bond donors (Lipinski definition) is 1. The van der Waals surface area contributed by atoms with Gasteiger partial charge in [0.25, 0.3) is 11.7 Å². The monoisotopic (exact) mass is 536 g/mol. The number of carbonyl (C=O) groups is 4. The fraction of sp³-hybridized carbons (Fsp3) is 0.241. The molecule has 0 aromatic heterocycles. The summed E-state index contributed by atoms with van der Waals surface area (Å²) in [5.41, 5.74) is 0.484. The van der Waals surface area contributed by atoms with E-state index in [1.807, 2.05) is 0 Å². The zero-order chi connectivity index (χ0) is 26.4. The minimum Gasteiger partial charge on any atom is -0.351 e. The Balaban J connectivity index is 1.80. The van der Waals surface area contributed by atoms with Crippen molar-refractivity contribution in [3.63, 3.8) is 0 Å². The standard InChI is InChI=1S/C29H26Cl2N2O4/c30-21-16-14-20(15-17-21)26(34)25(28(36)32-23-11-5-2-6-12-23)33(24-13-7-10-22(31)18-24)29(37)27(35)19-8-3-1-4-9-19/h1,3-4,7-10,13-18,23,25H,2,5-6,11-12H2,(H,32,36). The van der Waals surface area contributed by atoms with Gasteiger partial charge in [-0.3, -0.25) is 24.1 Å². The van der Waals surface area contributed by atoms with E-state index in [-0.39, 0.29) is 27.9 Å². The van der Waals surface area contributed by atoms with E-state index in [2.05, 4.69) is 5.32 Å². The van der Waals surface area contributed by atoms with E-state index in [1.54, 1.807) is 30.3 Å². The smallest absolute Gasteiger partial charge is 0.300 e. The molecule has 0 aliphatic heterocycles. The molecule has 3 aromatic rings. The van der Waals surface area contributed by atoms with E-state index in [9.17, 15) is 19.2 Å². The van der Waals surface area contributed by atoms with Gasteiger partial charge in [0.05, 0.1) is 0 Å². The Morgan fingerprint density at radius 3 is 2.08 bits per heavy atom. The number of Topliss-reactive ketones (excluding diaryl/α,β-unsaturated/α-hetero) is 2. The molecular formula is C29H26Cl2N2O4. The molecule has 0 bridgehead atoms. The van der Waals surface area contributed by atoms with Crippen molar-refractivity contribution in [2.24, 2.45) is 0 Å². The van der Waals surface area contributed by atoms with Crippen LogP contribution in [0.15, 0.2) is 78.9 Å². The summed E-state index contributed by atoms with van der Waals surface area (Å²) >= 11 is 12.2. The Kier molecular flexibility index (Phi) is 8.74. The van der Waals surface area contributed by atoms with Crippen LogP contribution in [-0.4, -0.2) is 35.5 Å². The lowest BCUT2D eigenvalue weighted by atomic mass is 9.94. The van der Waals surface area contributed by atoms with Crippen LogP contribution in [0.1, 0.15) is 52.8 Å². The highest BCUT2D eigenvalue weighted by atomic mass is 35.5. The molecule has 0 spiro atoms. The first-order valence-corrected chi connectivity index (χ1v) is 12.9. The van der Waals surface area contributed by atoms with Crippen molar-refractivity contribution in [3.05, 3.63) is 100 Å². The Morgan fingerprint density at radius 2 is 1.43 bits per heavy atom. The largest absolute Gasteiger partial charge is 0.351 e. The van der Waals surface area contributed by atoms with E-state index >= 15 is 0 Å². The van der Waals surface area contributed by atoms with Crippen LogP contribution in [-0.2, 0) is 9.59 Å². The van der Waals surface area contributed by atoms with E-state index in [0.29, 0.717) is 5.02 Å². The number of benzene rings is 3. The molecule has 8 heteroatoms. The molecule has 1 saturated carbocycles. The second-order valence-corrected chi connectivity index (χ2v) is 9.84. The molecule has 0 radical (unpaired) electrons. The normalized spacial score (nSPS) is 14.4. The molecule has 3 aromatic carbocycles. The number of carbonyl (C=O) groups excluding carboxylic acids is 4. The fourth-order valence-corrected chi connectivity index (χ4v) is 4.80. The topological polar surface area (TPSA) is 83.6 Å². The van der Waals surface area contributed by atoms with Gasteiger partial charge in [0.2, 0.25) is 0 Å². The number of ketones is 2. The van der Waals surface area contributed by atoms with Gasteiger partial charge < -0.3 is 5.32 Å². The van der Waals surface area contributed by atoms with Crippen LogP contribution >= 0.6 is 23.2 Å². The molecule has 1 atom stereocenters. The van der Waals surface area contributed by atoms with Gasteiger partial charge in [-0.25, -0.2) is 0 Å². The molecule has 37 heavy (non-hydrogen) atoms. The average Bonchev–Trinajstić information content (AvgIpc) is 2.92. The van der Waals surface area contributed by atoms with Crippen molar-refractivity contribution < 1.29 is 19.2 Å². The molecule has 0 saturated heterocycles. The number of rotatable bonds is 8. The second kappa shape index (κ2) is 12.2. The first-order chi connectivity index (χ1) is 17.8. The molecule has 6 nitrogen and oxygen atoms in total. The van der Waals surface area contributed by atoms with Gasteiger partial charge in [0, 0.05) is 32.9 Å². The van der Waals surface area contributed by atoms with Crippen molar-refractivity contribution in [1.82, 2.24) is 5.32 Å². The zero-order valence-corrected chi connectivity index (χ0v) is 21.5. The Hall–Kier alpha value is -3.48. The Morgan fingerprint density at radius 1 is 0.757 bits per heavy atom. The lowest BCUT2D eigenvalue weighted by Gasteiger charge is -2.32. The van der Waals surface area contributed by atoms with E-state index < -0.39 is 29.4 Å². The van der Waals surface area contributed by atoms with E-state index in [0.717, 1.165) is 37.0 Å². The zero-order valence-electron chi connectivity index (χ0n) is 20.0. The lowest BCUT2D eigenvalue weighted by molar-refractivity contribution is -0.124. The highest BCUT2D eigenvalue weighted by Crippen LogP contribution is 2.26. The van der Waals surface area contributed by atoms with Crippen LogP contribution in [0.5, 0.6) is 0 Å². The summed E-state index contributed by atoms with van der Waals surface area (Å²) in [6.07, 6.45) is 4.57. The van der Waals surface area contributed by atoms with Crippen molar-refractivity contribution in [2.75, 3.05) is 4.90 Å².